The number of carbonyl (C=O) groups excluding carboxylic acids is 2. The molecule has 1 aromatic carbocycles. The van der Waals surface area contributed by atoms with Crippen LogP contribution in [0.5, 0.6) is 5.75 Å². The molecule has 8 heteroatoms. The molecule has 1 aliphatic rings. The first-order valence-electron chi connectivity index (χ1n) is 9.62. The monoisotopic (exact) mass is 432 g/mol. The molecular formula is C21H24N2O4S2. The van der Waals surface area contributed by atoms with Crippen molar-refractivity contribution in [3.8, 4) is 5.75 Å². The summed E-state index contributed by atoms with van der Waals surface area (Å²) in [6.45, 7) is 2.53. The summed E-state index contributed by atoms with van der Waals surface area (Å²) in [4.78, 5) is 26.2. The van der Waals surface area contributed by atoms with Crippen molar-refractivity contribution in [2.24, 2.45) is 0 Å². The Labute approximate surface area is 179 Å². The summed E-state index contributed by atoms with van der Waals surface area (Å²) in [5, 5.41) is 6.45. The SMILES string of the molecule is CCCOc1ccccc1C(=O)NC(=S)Nc1sc2c(c1C(=O)OC)CCCC2. The smallest absolute Gasteiger partial charge is 0.341 e. The van der Waals surface area contributed by atoms with E-state index in [0.717, 1.165) is 37.7 Å². The molecular weight excluding hydrogens is 408 g/mol. The van der Waals surface area contributed by atoms with E-state index in [1.165, 1.54) is 23.3 Å². The van der Waals surface area contributed by atoms with Crippen molar-refractivity contribution in [3.05, 3.63) is 45.8 Å². The number of thiophene rings is 1. The third kappa shape index (κ3) is 4.94. The largest absolute Gasteiger partial charge is 0.493 e. The van der Waals surface area contributed by atoms with Gasteiger partial charge in [0.2, 0.25) is 0 Å². The van der Waals surface area contributed by atoms with Crippen molar-refractivity contribution in [1.82, 2.24) is 5.32 Å². The van der Waals surface area contributed by atoms with Crippen molar-refractivity contribution >= 4 is 45.5 Å². The first-order chi connectivity index (χ1) is 14.0. The summed E-state index contributed by atoms with van der Waals surface area (Å²) < 4.78 is 10.6. The van der Waals surface area contributed by atoms with Crippen molar-refractivity contribution < 1.29 is 19.1 Å². The topological polar surface area (TPSA) is 76.7 Å². The van der Waals surface area contributed by atoms with E-state index in [-0.39, 0.29) is 17.0 Å². The van der Waals surface area contributed by atoms with Crippen LogP contribution in [0.15, 0.2) is 24.3 Å². The first-order valence-corrected chi connectivity index (χ1v) is 10.8. The molecule has 29 heavy (non-hydrogen) atoms. The lowest BCUT2D eigenvalue weighted by atomic mass is 9.95. The van der Waals surface area contributed by atoms with Crippen LogP contribution in [0.1, 0.15) is 57.3 Å². The van der Waals surface area contributed by atoms with E-state index in [1.807, 2.05) is 13.0 Å². The molecule has 0 aliphatic heterocycles. The molecule has 0 saturated carbocycles. The van der Waals surface area contributed by atoms with Crippen LogP contribution >= 0.6 is 23.6 Å². The van der Waals surface area contributed by atoms with Gasteiger partial charge in [0.1, 0.15) is 10.8 Å². The minimum atomic E-state index is -0.390. The second kappa shape index (κ2) is 9.84. The number of fused-ring (bicyclic) bond motifs is 1. The number of carbonyl (C=O) groups is 2. The summed E-state index contributed by atoms with van der Waals surface area (Å²) >= 11 is 6.83. The molecule has 0 unspecified atom stereocenters. The van der Waals surface area contributed by atoms with Crippen molar-refractivity contribution in [1.29, 1.82) is 0 Å². The molecule has 1 aromatic heterocycles. The van der Waals surface area contributed by atoms with Crippen LogP contribution in [0.3, 0.4) is 0 Å². The highest BCUT2D eigenvalue weighted by Crippen LogP contribution is 2.38. The van der Waals surface area contributed by atoms with Crippen LogP contribution in [0, 0.1) is 0 Å². The van der Waals surface area contributed by atoms with Crippen molar-refractivity contribution in [2.45, 2.75) is 39.0 Å². The van der Waals surface area contributed by atoms with Crippen LogP contribution in [0.2, 0.25) is 0 Å². The fourth-order valence-corrected chi connectivity index (χ4v) is 4.81. The number of aryl methyl sites for hydroxylation is 1. The lowest BCUT2D eigenvalue weighted by molar-refractivity contribution is 0.0601. The molecule has 6 nitrogen and oxygen atoms in total. The van der Waals surface area contributed by atoms with Gasteiger partial charge in [0.25, 0.3) is 5.91 Å². The van der Waals surface area contributed by atoms with Gasteiger partial charge in [-0.15, -0.1) is 11.3 Å². The summed E-state index contributed by atoms with van der Waals surface area (Å²) in [6, 6.07) is 7.03. The second-order valence-electron chi connectivity index (χ2n) is 6.66. The predicted octanol–water partition coefficient (Wildman–Crippen LogP) is 4.33. The third-order valence-corrected chi connectivity index (χ3v) is 6.02. The number of methoxy groups -OCH3 is 1. The van der Waals surface area contributed by atoms with E-state index in [9.17, 15) is 9.59 Å². The van der Waals surface area contributed by atoms with Gasteiger partial charge in [-0.2, -0.15) is 0 Å². The average Bonchev–Trinajstić information content (AvgIpc) is 3.09. The highest BCUT2D eigenvalue weighted by molar-refractivity contribution is 7.80. The van der Waals surface area contributed by atoms with Crippen molar-refractivity contribution in [2.75, 3.05) is 19.0 Å². The van der Waals surface area contributed by atoms with Gasteiger partial charge in [0.15, 0.2) is 5.11 Å². The molecule has 3 rings (SSSR count). The number of hydrogen-bond acceptors (Lipinski definition) is 6. The van der Waals surface area contributed by atoms with Gasteiger partial charge < -0.3 is 14.8 Å². The molecule has 0 fully saturated rings. The quantitative estimate of drug-likeness (QED) is 0.523. The predicted molar refractivity (Wildman–Crippen MR) is 118 cm³/mol. The number of esters is 1. The van der Waals surface area contributed by atoms with Crippen LogP contribution in [0.25, 0.3) is 0 Å². The zero-order chi connectivity index (χ0) is 20.8. The molecule has 2 N–H and O–H groups in total. The Morgan fingerprint density at radius 1 is 1.21 bits per heavy atom. The molecule has 2 aromatic rings. The molecule has 1 aliphatic carbocycles. The minimum absolute atomic E-state index is 0.129. The van der Waals surface area contributed by atoms with Crippen LogP contribution in [-0.2, 0) is 17.6 Å². The second-order valence-corrected chi connectivity index (χ2v) is 8.17. The summed E-state index contributed by atoms with van der Waals surface area (Å²) in [6.07, 6.45) is 4.77. The number of rotatable bonds is 6. The lowest BCUT2D eigenvalue weighted by Crippen LogP contribution is -2.34. The summed E-state index contributed by atoms with van der Waals surface area (Å²) in [7, 11) is 1.37. The number of nitrogens with one attached hydrogen (secondary N) is 2. The average molecular weight is 433 g/mol. The van der Waals surface area contributed by atoms with Crippen LogP contribution in [0.4, 0.5) is 5.00 Å². The molecule has 0 bridgehead atoms. The number of amides is 1. The van der Waals surface area contributed by atoms with Crippen LogP contribution in [-0.4, -0.2) is 30.7 Å². The zero-order valence-electron chi connectivity index (χ0n) is 16.5. The van der Waals surface area contributed by atoms with Crippen LogP contribution < -0.4 is 15.4 Å². The molecule has 0 radical (unpaired) electrons. The standard InChI is InChI=1S/C21H24N2O4S2/c1-3-12-27-15-10-6-4-8-13(15)18(24)22-21(28)23-19-17(20(25)26-2)14-9-5-7-11-16(14)29-19/h4,6,8,10H,3,5,7,9,11-12H2,1-2H3,(H2,22,23,24,28). The third-order valence-electron chi connectivity index (χ3n) is 4.61. The Morgan fingerprint density at radius 2 is 1.97 bits per heavy atom. The van der Waals surface area contributed by atoms with Gasteiger partial charge in [-0.05, 0) is 62.0 Å². The number of para-hydroxylation sites is 1. The van der Waals surface area contributed by atoms with Crippen molar-refractivity contribution in [3.63, 3.8) is 0 Å². The van der Waals surface area contributed by atoms with E-state index >= 15 is 0 Å². The number of thiocarbonyl (C=S) groups is 1. The van der Waals surface area contributed by atoms with E-state index < -0.39 is 0 Å². The van der Waals surface area contributed by atoms with Gasteiger partial charge in [-0.3, -0.25) is 10.1 Å². The van der Waals surface area contributed by atoms with E-state index in [0.29, 0.717) is 28.5 Å². The highest BCUT2D eigenvalue weighted by atomic mass is 32.1. The molecule has 0 spiro atoms. The minimum Gasteiger partial charge on any atom is -0.493 e. The Morgan fingerprint density at radius 3 is 2.72 bits per heavy atom. The maximum Gasteiger partial charge on any atom is 0.341 e. The van der Waals surface area contributed by atoms with E-state index in [2.05, 4.69) is 10.6 Å². The molecule has 154 valence electrons. The maximum atomic E-state index is 12.7. The lowest BCUT2D eigenvalue weighted by Gasteiger charge is -2.13. The van der Waals surface area contributed by atoms with Gasteiger partial charge in [-0.1, -0.05) is 19.1 Å². The Balaban J connectivity index is 1.76. The number of anilines is 1. The van der Waals surface area contributed by atoms with Gasteiger partial charge >= 0.3 is 5.97 Å². The number of benzene rings is 1. The number of ether oxygens (including phenoxy) is 2. The molecule has 1 amide bonds. The van der Waals surface area contributed by atoms with Gasteiger partial charge in [0.05, 0.1) is 24.8 Å². The summed E-state index contributed by atoms with van der Waals surface area (Å²) in [5.41, 5.74) is 1.96. The van der Waals surface area contributed by atoms with E-state index in [4.69, 9.17) is 21.7 Å². The Kier molecular flexibility index (Phi) is 7.22. The fourth-order valence-electron chi connectivity index (χ4n) is 3.27. The molecule has 1 heterocycles. The normalized spacial score (nSPS) is 12.6. The zero-order valence-corrected chi connectivity index (χ0v) is 18.1. The van der Waals surface area contributed by atoms with Gasteiger partial charge in [0, 0.05) is 4.88 Å². The maximum absolute atomic E-state index is 12.7. The Hall–Kier alpha value is -2.45. The highest BCUT2D eigenvalue weighted by Gasteiger charge is 2.26. The summed E-state index contributed by atoms with van der Waals surface area (Å²) in [5.74, 6) is -0.244. The Bertz CT molecular complexity index is 923. The molecule has 0 saturated heterocycles. The number of hydrogen-bond donors (Lipinski definition) is 2. The first kappa shape index (κ1) is 21.3. The fraction of sp³-hybridized carbons (Fsp3) is 0.381. The van der Waals surface area contributed by atoms with Gasteiger partial charge in [-0.25, -0.2) is 4.79 Å². The molecule has 0 atom stereocenters. The van der Waals surface area contributed by atoms with E-state index in [1.54, 1.807) is 18.2 Å².